The van der Waals surface area contributed by atoms with Crippen molar-refractivity contribution in [3.05, 3.63) is 29.8 Å². The SMILES string of the molecule is CCCCCN(CC(=O)N1CCNCC1)C(=O)c1ccc(N(C)C)cc1. The molecule has 0 spiro atoms. The lowest BCUT2D eigenvalue weighted by Gasteiger charge is -2.30. The van der Waals surface area contributed by atoms with E-state index < -0.39 is 0 Å². The Bertz CT molecular complexity index is 580. The third-order valence-electron chi connectivity index (χ3n) is 4.75. The van der Waals surface area contributed by atoms with Crippen molar-refractivity contribution in [2.45, 2.75) is 26.2 Å². The highest BCUT2D eigenvalue weighted by Gasteiger charge is 2.23. The lowest BCUT2D eigenvalue weighted by molar-refractivity contribution is -0.132. The Kier molecular flexibility index (Phi) is 7.91. The van der Waals surface area contributed by atoms with E-state index in [-0.39, 0.29) is 18.4 Å². The van der Waals surface area contributed by atoms with Crippen LogP contribution in [0.1, 0.15) is 36.5 Å². The second-order valence-corrected chi connectivity index (χ2v) is 7.01. The number of carbonyl (C=O) groups excluding carboxylic acids is 2. The van der Waals surface area contributed by atoms with Crippen molar-refractivity contribution in [3.8, 4) is 0 Å². The van der Waals surface area contributed by atoms with E-state index in [1.54, 1.807) is 4.90 Å². The standard InChI is InChI=1S/C20H32N4O2/c1-4-5-6-13-24(16-19(25)23-14-11-21-12-15-23)20(26)17-7-9-18(10-8-17)22(2)3/h7-10,21H,4-6,11-16H2,1-3H3. The Morgan fingerprint density at radius 3 is 2.31 bits per heavy atom. The van der Waals surface area contributed by atoms with Crippen molar-refractivity contribution in [2.75, 3.05) is 58.3 Å². The molecule has 1 N–H and O–H groups in total. The molecule has 26 heavy (non-hydrogen) atoms. The molecule has 1 fully saturated rings. The predicted octanol–water partition coefficient (Wildman–Crippen LogP) is 1.82. The number of carbonyl (C=O) groups is 2. The van der Waals surface area contributed by atoms with Crippen molar-refractivity contribution in [3.63, 3.8) is 0 Å². The van der Waals surface area contributed by atoms with Crippen LogP contribution < -0.4 is 10.2 Å². The van der Waals surface area contributed by atoms with Crippen LogP contribution in [-0.4, -0.2) is 75.0 Å². The van der Waals surface area contributed by atoms with Gasteiger partial charge in [-0.15, -0.1) is 0 Å². The first kappa shape index (κ1) is 20.2. The molecule has 1 aliphatic rings. The topological polar surface area (TPSA) is 55.9 Å². The third kappa shape index (κ3) is 5.73. The monoisotopic (exact) mass is 360 g/mol. The highest BCUT2D eigenvalue weighted by molar-refractivity contribution is 5.96. The van der Waals surface area contributed by atoms with Crippen LogP contribution in [-0.2, 0) is 4.79 Å². The van der Waals surface area contributed by atoms with Crippen molar-refractivity contribution >= 4 is 17.5 Å². The molecule has 0 unspecified atom stereocenters. The fourth-order valence-corrected chi connectivity index (χ4v) is 3.07. The maximum atomic E-state index is 13.0. The van der Waals surface area contributed by atoms with Gasteiger partial charge >= 0.3 is 0 Å². The Morgan fingerprint density at radius 1 is 1.08 bits per heavy atom. The summed E-state index contributed by atoms with van der Waals surface area (Å²) in [4.78, 5) is 31.2. The van der Waals surface area contributed by atoms with Gasteiger partial charge in [0.25, 0.3) is 5.91 Å². The van der Waals surface area contributed by atoms with Crippen LogP contribution in [0.4, 0.5) is 5.69 Å². The molecule has 1 aromatic rings. The predicted molar refractivity (Wildman–Crippen MR) is 106 cm³/mol. The minimum absolute atomic E-state index is 0.0428. The summed E-state index contributed by atoms with van der Waals surface area (Å²) in [6.45, 7) is 6.00. The summed E-state index contributed by atoms with van der Waals surface area (Å²) >= 11 is 0. The van der Waals surface area contributed by atoms with Gasteiger partial charge in [-0.05, 0) is 30.7 Å². The van der Waals surface area contributed by atoms with Gasteiger partial charge in [0.15, 0.2) is 0 Å². The number of nitrogens with one attached hydrogen (secondary N) is 1. The van der Waals surface area contributed by atoms with Crippen molar-refractivity contribution in [2.24, 2.45) is 0 Å². The normalized spacial score (nSPS) is 14.2. The van der Waals surface area contributed by atoms with Crippen LogP contribution in [0.5, 0.6) is 0 Å². The van der Waals surface area contributed by atoms with E-state index in [1.165, 1.54) is 0 Å². The molecular formula is C20H32N4O2. The number of piperazine rings is 1. The summed E-state index contributed by atoms with van der Waals surface area (Å²) in [6, 6.07) is 7.57. The van der Waals surface area contributed by atoms with E-state index in [9.17, 15) is 9.59 Å². The fourth-order valence-electron chi connectivity index (χ4n) is 3.07. The van der Waals surface area contributed by atoms with Crippen molar-refractivity contribution in [1.29, 1.82) is 0 Å². The average molecular weight is 361 g/mol. The molecule has 6 heteroatoms. The summed E-state index contributed by atoms with van der Waals surface area (Å²) in [5, 5.41) is 3.25. The molecule has 0 radical (unpaired) electrons. The van der Waals surface area contributed by atoms with E-state index in [2.05, 4.69) is 12.2 Å². The fraction of sp³-hybridized carbons (Fsp3) is 0.600. The minimum Gasteiger partial charge on any atom is -0.378 e. The summed E-state index contributed by atoms with van der Waals surface area (Å²) in [6.07, 6.45) is 3.07. The number of rotatable bonds is 8. The van der Waals surface area contributed by atoms with Crippen LogP contribution in [0.3, 0.4) is 0 Å². The van der Waals surface area contributed by atoms with E-state index in [1.807, 2.05) is 48.2 Å². The molecule has 0 aromatic heterocycles. The molecule has 0 atom stereocenters. The van der Waals surface area contributed by atoms with Gasteiger partial charge in [-0.25, -0.2) is 0 Å². The molecule has 2 amide bonds. The van der Waals surface area contributed by atoms with Gasteiger partial charge in [0.05, 0.1) is 0 Å². The van der Waals surface area contributed by atoms with Crippen LogP contribution >= 0.6 is 0 Å². The van der Waals surface area contributed by atoms with Gasteiger partial charge in [0.2, 0.25) is 5.91 Å². The first-order valence-electron chi connectivity index (χ1n) is 9.58. The summed E-state index contributed by atoms with van der Waals surface area (Å²) in [5.74, 6) is -0.0175. The lowest BCUT2D eigenvalue weighted by Crippen LogP contribution is -2.50. The van der Waals surface area contributed by atoms with Crippen LogP contribution in [0.25, 0.3) is 0 Å². The number of benzene rings is 1. The number of anilines is 1. The molecule has 1 aliphatic heterocycles. The molecule has 1 saturated heterocycles. The van der Waals surface area contributed by atoms with Gasteiger partial charge in [-0.3, -0.25) is 9.59 Å². The second kappa shape index (κ2) is 10.2. The third-order valence-corrected chi connectivity index (χ3v) is 4.75. The van der Waals surface area contributed by atoms with Crippen LogP contribution in [0.2, 0.25) is 0 Å². The smallest absolute Gasteiger partial charge is 0.254 e. The van der Waals surface area contributed by atoms with Crippen LogP contribution in [0.15, 0.2) is 24.3 Å². The van der Waals surface area contributed by atoms with E-state index in [0.717, 1.165) is 38.0 Å². The Morgan fingerprint density at radius 2 is 1.73 bits per heavy atom. The number of hydrogen-bond acceptors (Lipinski definition) is 4. The molecule has 6 nitrogen and oxygen atoms in total. The lowest BCUT2D eigenvalue weighted by atomic mass is 10.1. The zero-order chi connectivity index (χ0) is 18.9. The molecule has 1 heterocycles. The zero-order valence-electron chi connectivity index (χ0n) is 16.3. The number of hydrogen-bond donors (Lipinski definition) is 1. The molecule has 0 bridgehead atoms. The maximum absolute atomic E-state index is 13.0. The Balaban J connectivity index is 2.06. The molecule has 0 saturated carbocycles. The highest BCUT2D eigenvalue weighted by Crippen LogP contribution is 2.14. The Labute approximate surface area is 157 Å². The van der Waals surface area contributed by atoms with E-state index in [4.69, 9.17) is 0 Å². The Hall–Kier alpha value is -2.08. The molecule has 1 aromatic carbocycles. The highest BCUT2D eigenvalue weighted by atomic mass is 16.2. The average Bonchev–Trinajstić information content (AvgIpc) is 2.67. The van der Waals surface area contributed by atoms with Gasteiger partial charge in [0, 0.05) is 58.1 Å². The van der Waals surface area contributed by atoms with E-state index in [0.29, 0.717) is 25.2 Å². The first-order chi connectivity index (χ1) is 12.5. The number of unbranched alkanes of at least 4 members (excludes halogenated alkanes) is 2. The number of nitrogens with zero attached hydrogens (tertiary/aromatic N) is 3. The largest absolute Gasteiger partial charge is 0.378 e. The van der Waals surface area contributed by atoms with Gasteiger partial charge in [-0.2, -0.15) is 0 Å². The number of amides is 2. The van der Waals surface area contributed by atoms with Crippen LogP contribution in [0, 0.1) is 0 Å². The summed E-state index contributed by atoms with van der Waals surface area (Å²) in [5.41, 5.74) is 1.69. The van der Waals surface area contributed by atoms with Gasteiger partial charge in [0.1, 0.15) is 6.54 Å². The quantitative estimate of drug-likeness (QED) is 0.719. The second-order valence-electron chi connectivity index (χ2n) is 7.01. The molecular weight excluding hydrogens is 328 g/mol. The molecule has 2 rings (SSSR count). The molecule has 144 valence electrons. The molecule has 0 aliphatic carbocycles. The van der Waals surface area contributed by atoms with Crippen molar-refractivity contribution < 1.29 is 9.59 Å². The van der Waals surface area contributed by atoms with Gasteiger partial charge < -0.3 is 20.0 Å². The van der Waals surface area contributed by atoms with E-state index >= 15 is 0 Å². The maximum Gasteiger partial charge on any atom is 0.254 e. The summed E-state index contributed by atoms with van der Waals surface area (Å²) < 4.78 is 0. The zero-order valence-corrected chi connectivity index (χ0v) is 16.3. The van der Waals surface area contributed by atoms with Gasteiger partial charge in [-0.1, -0.05) is 19.8 Å². The van der Waals surface area contributed by atoms with Crippen molar-refractivity contribution in [1.82, 2.24) is 15.1 Å². The summed E-state index contributed by atoms with van der Waals surface area (Å²) in [7, 11) is 3.94. The minimum atomic E-state index is -0.0603. The first-order valence-corrected chi connectivity index (χ1v) is 9.58.